The van der Waals surface area contributed by atoms with Crippen LogP contribution in [-0.4, -0.2) is 21.1 Å². The number of rotatable bonds is 7. The first-order chi connectivity index (χ1) is 11.9. The van der Waals surface area contributed by atoms with Gasteiger partial charge in [0.2, 0.25) is 0 Å². The number of amides is 2. The SMILES string of the molecule is CCCCOc1ccc(NC(=O)NS(=O)(=O)c2ccc(C)cc2)cc1. The summed E-state index contributed by atoms with van der Waals surface area (Å²) in [5.41, 5.74) is 1.41. The second kappa shape index (κ2) is 8.53. The van der Waals surface area contributed by atoms with Crippen molar-refractivity contribution >= 4 is 21.7 Å². The number of hydrogen-bond acceptors (Lipinski definition) is 4. The van der Waals surface area contributed by atoms with Crippen molar-refractivity contribution < 1.29 is 17.9 Å². The van der Waals surface area contributed by atoms with Crippen molar-refractivity contribution in [2.75, 3.05) is 11.9 Å². The Balaban J connectivity index is 1.94. The van der Waals surface area contributed by atoms with Crippen LogP contribution in [0.1, 0.15) is 25.3 Å². The van der Waals surface area contributed by atoms with Crippen LogP contribution >= 0.6 is 0 Å². The van der Waals surface area contributed by atoms with E-state index in [1.807, 2.05) is 11.6 Å². The minimum Gasteiger partial charge on any atom is -0.494 e. The highest BCUT2D eigenvalue weighted by molar-refractivity contribution is 7.90. The molecular weight excluding hydrogens is 340 g/mol. The van der Waals surface area contributed by atoms with E-state index in [1.54, 1.807) is 36.4 Å². The van der Waals surface area contributed by atoms with Crippen molar-refractivity contribution in [3.63, 3.8) is 0 Å². The summed E-state index contributed by atoms with van der Waals surface area (Å²) in [6.45, 7) is 4.57. The highest BCUT2D eigenvalue weighted by Gasteiger charge is 2.17. The molecule has 2 amide bonds. The third kappa shape index (κ3) is 5.79. The smallest absolute Gasteiger partial charge is 0.333 e. The van der Waals surface area contributed by atoms with Gasteiger partial charge in [0, 0.05) is 5.69 Å². The quantitative estimate of drug-likeness (QED) is 0.736. The number of sulfonamides is 1. The normalized spacial score (nSPS) is 11.0. The molecule has 7 heteroatoms. The number of nitrogens with one attached hydrogen (secondary N) is 2. The predicted octanol–water partition coefficient (Wildman–Crippen LogP) is 3.68. The molecule has 0 heterocycles. The van der Waals surface area contributed by atoms with Gasteiger partial charge in [-0.15, -0.1) is 0 Å². The summed E-state index contributed by atoms with van der Waals surface area (Å²) in [5, 5.41) is 2.49. The van der Waals surface area contributed by atoms with E-state index < -0.39 is 16.1 Å². The Morgan fingerprint density at radius 1 is 1.04 bits per heavy atom. The van der Waals surface area contributed by atoms with Gasteiger partial charge in [-0.3, -0.25) is 0 Å². The molecule has 0 radical (unpaired) electrons. The van der Waals surface area contributed by atoms with E-state index in [0.717, 1.165) is 18.4 Å². The number of aryl methyl sites for hydroxylation is 1. The average molecular weight is 362 g/mol. The van der Waals surface area contributed by atoms with Crippen molar-refractivity contribution in [2.45, 2.75) is 31.6 Å². The Labute approximate surface area is 148 Å². The molecule has 0 unspecified atom stereocenters. The number of ether oxygens (including phenoxy) is 1. The molecule has 0 aliphatic heterocycles. The molecule has 0 aliphatic carbocycles. The third-order valence-corrected chi connectivity index (χ3v) is 4.78. The molecule has 0 bridgehead atoms. The minimum absolute atomic E-state index is 0.0351. The Morgan fingerprint density at radius 3 is 2.28 bits per heavy atom. The van der Waals surface area contributed by atoms with Crippen LogP contribution in [0, 0.1) is 6.92 Å². The third-order valence-electron chi connectivity index (χ3n) is 3.44. The average Bonchev–Trinajstić information content (AvgIpc) is 2.56. The molecule has 6 nitrogen and oxygen atoms in total. The lowest BCUT2D eigenvalue weighted by Crippen LogP contribution is -2.34. The Hall–Kier alpha value is -2.54. The lowest BCUT2D eigenvalue weighted by atomic mass is 10.2. The standard InChI is InChI=1S/C18H22N2O4S/c1-3-4-13-24-16-9-7-15(8-10-16)19-18(21)20-25(22,23)17-11-5-14(2)6-12-17/h5-12H,3-4,13H2,1-2H3,(H2,19,20,21). The van der Waals surface area contributed by atoms with Crippen LogP contribution in [0.15, 0.2) is 53.4 Å². The van der Waals surface area contributed by atoms with Crippen molar-refractivity contribution in [3.8, 4) is 5.75 Å². The number of unbranched alkanes of at least 4 members (excludes halogenated alkanes) is 1. The summed E-state index contributed by atoms with van der Waals surface area (Å²) in [7, 11) is -3.91. The molecule has 2 rings (SSSR count). The summed E-state index contributed by atoms with van der Waals surface area (Å²) in [6, 6.07) is 12.2. The van der Waals surface area contributed by atoms with Crippen LogP contribution in [0.3, 0.4) is 0 Å². The second-order valence-electron chi connectivity index (χ2n) is 5.60. The van der Waals surface area contributed by atoms with Gasteiger partial charge >= 0.3 is 6.03 Å². The van der Waals surface area contributed by atoms with E-state index in [2.05, 4.69) is 12.2 Å². The predicted molar refractivity (Wildman–Crippen MR) is 97.4 cm³/mol. The van der Waals surface area contributed by atoms with Crippen molar-refractivity contribution in [3.05, 3.63) is 54.1 Å². The zero-order valence-electron chi connectivity index (χ0n) is 14.3. The summed E-state index contributed by atoms with van der Waals surface area (Å²) < 4.78 is 31.8. The first-order valence-corrected chi connectivity index (χ1v) is 9.52. The van der Waals surface area contributed by atoms with Gasteiger partial charge in [-0.25, -0.2) is 17.9 Å². The number of urea groups is 1. The van der Waals surface area contributed by atoms with E-state index in [1.165, 1.54) is 12.1 Å². The van der Waals surface area contributed by atoms with Gasteiger partial charge in [-0.2, -0.15) is 0 Å². The summed E-state index contributed by atoms with van der Waals surface area (Å²) in [6.07, 6.45) is 2.02. The zero-order chi connectivity index (χ0) is 18.3. The molecule has 0 saturated heterocycles. The van der Waals surface area contributed by atoms with Gasteiger partial charge in [-0.05, 0) is 49.7 Å². The maximum absolute atomic E-state index is 12.2. The summed E-state index contributed by atoms with van der Waals surface area (Å²) in [4.78, 5) is 12.0. The van der Waals surface area contributed by atoms with E-state index in [0.29, 0.717) is 18.0 Å². The largest absolute Gasteiger partial charge is 0.494 e. The van der Waals surface area contributed by atoms with Gasteiger partial charge < -0.3 is 10.1 Å². The highest BCUT2D eigenvalue weighted by atomic mass is 32.2. The highest BCUT2D eigenvalue weighted by Crippen LogP contribution is 2.16. The van der Waals surface area contributed by atoms with Crippen LogP contribution in [-0.2, 0) is 10.0 Å². The fourth-order valence-corrected chi connectivity index (χ4v) is 2.93. The molecule has 134 valence electrons. The van der Waals surface area contributed by atoms with E-state index in [9.17, 15) is 13.2 Å². The Kier molecular flexibility index (Phi) is 6.41. The number of benzene rings is 2. The van der Waals surface area contributed by atoms with Gasteiger partial charge in [0.15, 0.2) is 0 Å². The van der Waals surface area contributed by atoms with Gasteiger partial charge in [0.05, 0.1) is 11.5 Å². The maximum Gasteiger partial charge on any atom is 0.333 e. The number of anilines is 1. The molecule has 2 N–H and O–H groups in total. The molecule has 0 fully saturated rings. The van der Waals surface area contributed by atoms with Crippen LogP contribution in [0.2, 0.25) is 0 Å². The molecule has 2 aromatic rings. The molecular formula is C18H22N2O4S. The monoisotopic (exact) mass is 362 g/mol. The van der Waals surface area contributed by atoms with Gasteiger partial charge in [-0.1, -0.05) is 31.0 Å². The fourth-order valence-electron chi connectivity index (χ4n) is 2.02. The first-order valence-electron chi connectivity index (χ1n) is 8.04. The van der Waals surface area contributed by atoms with Crippen molar-refractivity contribution in [1.82, 2.24) is 4.72 Å². The Morgan fingerprint density at radius 2 is 1.68 bits per heavy atom. The fraction of sp³-hybridized carbons (Fsp3) is 0.278. The van der Waals surface area contributed by atoms with E-state index in [-0.39, 0.29) is 4.90 Å². The molecule has 0 aromatic heterocycles. The second-order valence-corrected chi connectivity index (χ2v) is 7.28. The Bertz CT molecular complexity index is 800. The molecule has 0 saturated carbocycles. The van der Waals surface area contributed by atoms with Crippen LogP contribution < -0.4 is 14.8 Å². The number of hydrogen-bond donors (Lipinski definition) is 2. The van der Waals surface area contributed by atoms with Crippen LogP contribution in [0.25, 0.3) is 0 Å². The van der Waals surface area contributed by atoms with Gasteiger partial charge in [0.25, 0.3) is 10.0 Å². The van der Waals surface area contributed by atoms with Crippen LogP contribution in [0.4, 0.5) is 10.5 Å². The maximum atomic E-state index is 12.2. The lowest BCUT2D eigenvalue weighted by Gasteiger charge is -2.10. The molecule has 0 spiro atoms. The molecule has 0 aliphatic rings. The van der Waals surface area contributed by atoms with Crippen molar-refractivity contribution in [1.29, 1.82) is 0 Å². The lowest BCUT2D eigenvalue weighted by molar-refractivity contribution is 0.256. The van der Waals surface area contributed by atoms with Gasteiger partial charge in [0.1, 0.15) is 5.75 Å². The first kappa shape index (κ1) is 18.8. The number of carbonyl (C=O) groups is 1. The summed E-state index contributed by atoms with van der Waals surface area (Å²) in [5.74, 6) is 0.701. The molecule has 25 heavy (non-hydrogen) atoms. The topological polar surface area (TPSA) is 84.5 Å². The van der Waals surface area contributed by atoms with E-state index >= 15 is 0 Å². The number of carbonyl (C=O) groups excluding carboxylic acids is 1. The van der Waals surface area contributed by atoms with E-state index in [4.69, 9.17) is 4.74 Å². The summed E-state index contributed by atoms with van der Waals surface area (Å²) >= 11 is 0. The molecule has 0 atom stereocenters. The van der Waals surface area contributed by atoms with Crippen molar-refractivity contribution in [2.24, 2.45) is 0 Å². The zero-order valence-corrected chi connectivity index (χ0v) is 15.1. The molecule has 2 aromatic carbocycles. The van der Waals surface area contributed by atoms with Crippen LogP contribution in [0.5, 0.6) is 5.75 Å². The minimum atomic E-state index is -3.91.